The molecule has 0 aliphatic heterocycles. The summed E-state index contributed by atoms with van der Waals surface area (Å²) in [5.74, 6) is 0.466. The van der Waals surface area contributed by atoms with Gasteiger partial charge in [0.1, 0.15) is 6.10 Å². The van der Waals surface area contributed by atoms with Crippen LogP contribution in [0.4, 0.5) is 0 Å². The molecule has 0 heterocycles. The average Bonchev–Trinajstić information content (AvgIpc) is 2.82. The summed E-state index contributed by atoms with van der Waals surface area (Å²) < 4.78 is 6.15. The number of carbonyl (C=O) groups is 1. The van der Waals surface area contributed by atoms with Gasteiger partial charge in [-0.3, -0.25) is 0 Å². The minimum atomic E-state index is -2.34. The van der Waals surface area contributed by atoms with E-state index >= 15 is 0 Å². The summed E-state index contributed by atoms with van der Waals surface area (Å²) in [6.07, 6.45) is 4.32. The highest BCUT2D eigenvalue weighted by atomic mass is 31.2. The Balaban J connectivity index is 1.94. The molecule has 0 amide bonds. The summed E-state index contributed by atoms with van der Waals surface area (Å²) in [7, 11) is 0. The van der Waals surface area contributed by atoms with E-state index in [2.05, 4.69) is 79.7 Å². The standard InChI is InChI=1S/C28H31O2P/c1-22-13-12-14-24(21-22)30-28(29)23(2)31(25-15-6-3-7-16-25,26-17-8-4-9-18-26)27-19-10-5-11-20-27/h3-11,15-20,22,24H,12-14,21H2,1-2H3. The van der Waals surface area contributed by atoms with Gasteiger partial charge in [-0.1, -0.05) is 104 Å². The summed E-state index contributed by atoms with van der Waals surface area (Å²) in [6, 6.07) is 31.5. The molecule has 2 atom stereocenters. The van der Waals surface area contributed by atoms with Crippen LogP contribution < -0.4 is 15.9 Å². The second-order valence-electron chi connectivity index (χ2n) is 8.56. The van der Waals surface area contributed by atoms with E-state index in [0.717, 1.165) is 24.6 Å². The van der Waals surface area contributed by atoms with E-state index in [1.54, 1.807) is 0 Å². The van der Waals surface area contributed by atoms with E-state index in [0.29, 0.717) is 5.92 Å². The van der Waals surface area contributed by atoms with Gasteiger partial charge in [-0.2, -0.15) is 0 Å². The van der Waals surface area contributed by atoms with Gasteiger partial charge in [0.15, 0.2) is 0 Å². The Bertz CT molecular complexity index is 955. The summed E-state index contributed by atoms with van der Waals surface area (Å²) in [5.41, 5.74) is 0. The van der Waals surface area contributed by atoms with Crippen molar-refractivity contribution in [3.8, 4) is 0 Å². The highest BCUT2D eigenvalue weighted by Crippen LogP contribution is 2.46. The summed E-state index contributed by atoms with van der Waals surface area (Å²) >= 11 is 0. The fourth-order valence-corrected chi connectivity index (χ4v) is 9.08. The molecule has 0 spiro atoms. The SMILES string of the molecule is CC(C(=O)OC1CCCC(C)C1)=P(c1ccccc1)(c1ccccc1)c1ccccc1. The molecule has 2 unspecified atom stereocenters. The molecular weight excluding hydrogens is 399 g/mol. The third-order valence-electron chi connectivity index (χ3n) is 6.39. The van der Waals surface area contributed by atoms with Crippen molar-refractivity contribution in [2.45, 2.75) is 45.6 Å². The highest BCUT2D eigenvalue weighted by molar-refractivity contribution is 7.96. The first kappa shape index (κ1) is 21.7. The molecule has 3 heteroatoms. The topological polar surface area (TPSA) is 26.3 Å². The predicted octanol–water partition coefficient (Wildman–Crippen LogP) is 5.29. The Morgan fingerprint density at radius 3 is 1.65 bits per heavy atom. The first-order chi connectivity index (χ1) is 15.1. The van der Waals surface area contributed by atoms with Gasteiger partial charge in [-0.15, -0.1) is 0 Å². The van der Waals surface area contributed by atoms with Crippen molar-refractivity contribution in [3.05, 3.63) is 91.0 Å². The minimum Gasteiger partial charge on any atom is -0.459 e. The van der Waals surface area contributed by atoms with Crippen molar-refractivity contribution >= 4 is 34.1 Å². The fourth-order valence-electron chi connectivity index (χ4n) is 4.84. The minimum absolute atomic E-state index is 0.0235. The molecule has 3 aromatic carbocycles. The summed E-state index contributed by atoms with van der Waals surface area (Å²) in [6.45, 7) is 1.91. The normalized spacial score (nSPS) is 18.9. The second-order valence-corrected chi connectivity index (χ2v) is 12.1. The Morgan fingerprint density at radius 2 is 1.23 bits per heavy atom. The molecular formula is C28H31O2P. The van der Waals surface area contributed by atoms with E-state index in [4.69, 9.17) is 4.74 Å². The van der Waals surface area contributed by atoms with E-state index in [1.165, 1.54) is 22.3 Å². The van der Waals surface area contributed by atoms with Crippen LogP contribution in [0.1, 0.15) is 39.5 Å². The molecule has 1 saturated carbocycles. The van der Waals surface area contributed by atoms with Crippen molar-refractivity contribution in [1.82, 2.24) is 0 Å². The van der Waals surface area contributed by atoms with E-state index < -0.39 is 6.89 Å². The molecule has 3 aromatic rings. The van der Waals surface area contributed by atoms with Crippen LogP contribution in [0.2, 0.25) is 0 Å². The molecule has 0 bridgehead atoms. The molecule has 160 valence electrons. The van der Waals surface area contributed by atoms with Crippen molar-refractivity contribution in [3.63, 3.8) is 0 Å². The van der Waals surface area contributed by atoms with Gasteiger partial charge in [-0.05, 0) is 54.9 Å². The molecule has 4 rings (SSSR count). The summed E-state index contributed by atoms with van der Waals surface area (Å²) in [5, 5.41) is 4.35. The zero-order valence-electron chi connectivity index (χ0n) is 18.4. The first-order valence-corrected chi connectivity index (χ1v) is 13.0. The number of carbonyl (C=O) groups excluding carboxylic acids is 1. The maximum Gasteiger partial charge on any atom is 0.335 e. The Kier molecular flexibility index (Phi) is 6.78. The molecule has 1 aliphatic rings. The van der Waals surface area contributed by atoms with Gasteiger partial charge >= 0.3 is 5.97 Å². The van der Waals surface area contributed by atoms with Gasteiger partial charge in [0.25, 0.3) is 0 Å². The second kappa shape index (κ2) is 9.71. The number of hydrogen-bond acceptors (Lipinski definition) is 2. The number of hydrogen-bond donors (Lipinski definition) is 0. The van der Waals surface area contributed by atoms with Crippen LogP contribution in [-0.4, -0.2) is 17.4 Å². The fraction of sp³-hybridized carbons (Fsp3) is 0.286. The van der Waals surface area contributed by atoms with Crippen LogP contribution in [0.3, 0.4) is 0 Å². The smallest absolute Gasteiger partial charge is 0.335 e. The first-order valence-electron chi connectivity index (χ1n) is 11.2. The van der Waals surface area contributed by atoms with Crippen LogP contribution in [0, 0.1) is 5.92 Å². The largest absolute Gasteiger partial charge is 0.459 e. The molecule has 1 aliphatic carbocycles. The van der Waals surface area contributed by atoms with Crippen molar-refractivity contribution < 1.29 is 9.53 Å². The van der Waals surface area contributed by atoms with Gasteiger partial charge in [-0.25, -0.2) is 4.79 Å². The van der Waals surface area contributed by atoms with E-state index in [9.17, 15) is 4.79 Å². The van der Waals surface area contributed by atoms with Crippen molar-refractivity contribution in [1.29, 1.82) is 0 Å². The number of benzene rings is 3. The molecule has 31 heavy (non-hydrogen) atoms. The van der Waals surface area contributed by atoms with Crippen LogP contribution in [-0.2, 0) is 9.53 Å². The van der Waals surface area contributed by atoms with Gasteiger partial charge < -0.3 is 4.74 Å². The van der Waals surface area contributed by atoms with Gasteiger partial charge in [0.05, 0.1) is 0 Å². The van der Waals surface area contributed by atoms with Crippen molar-refractivity contribution in [2.24, 2.45) is 5.92 Å². The van der Waals surface area contributed by atoms with Crippen molar-refractivity contribution in [2.75, 3.05) is 0 Å². The molecule has 2 nitrogen and oxygen atoms in total. The lowest BCUT2D eigenvalue weighted by Gasteiger charge is -2.32. The van der Waals surface area contributed by atoms with Crippen LogP contribution in [0.15, 0.2) is 91.0 Å². The van der Waals surface area contributed by atoms with E-state index in [-0.39, 0.29) is 12.1 Å². The lowest BCUT2D eigenvalue weighted by atomic mass is 9.89. The lowest BCUT2D eigenvalue weighted by molar-refractivity contribution is -0.142. The maximum absolute atomic E-state index is 13.7. The Morgan fingerprint density at radius 1 is 0.774 bits per heavy atom. The average molecular weight is 431 g/mol. The lowest BCUT2D eigenvalue weighted by Crippen LogP contribution is -2.35. The zero-order valence-corrected chi connectivity index (χ0v) is 19.3. The quantitative estimate of drug-likeness (QED) is 0.406. The van der Waals surface area contributed by atoms with Crippen LogP contribution >= 0.6 is 6.89 Å². The molecule has 0 radical (unpaired) electrons. The Hall–Kier alpha value is -2.57. The van der Waals surface area contributed by atoms with Crippen LogP contribution in [0.25, 0.3) is 0 Å². The maximum atomic E-state index is 13.7. The third-order valence-corrected chi connectivity index (χ3v) is 10.8. The van der Waals surface area contributed by atoms with Gasteiger partial charge in [0.2, 0.25) is 0 Å². The predicted molar refractivity (Wildman–Crippen MR) is 133 cm³/mol. The number of ether oxygens (including phenoxy) is 1. The van der Waals surface area contributed by atoms with Crippen LogP contribution in [0.5, 0.6) is 0 Å². The highest BCUT2D eigenvalue weighted by Gasteiger charge is 2.32. The monoisotopic (exact) mass is 430 g/mol. The molecule has 0 saturated heterocycles. The zero-order chi connectivity index (χ0) is 21.7. The molecule has 0 aromatic heterocycles. The molecule has 1 fully saturated rings. The summed E-state index contributed by atoms with van der Waals surface area (Å²) in [4.78, 5) is 13.7. The number of esters is 1. The van der Waals surface area contributed by atoms with Gasteiger partial charge in [0, 0.05) is 5.29 Å². The number of rotatable bonds is 5. The Labute approximate surface area is 186 Å². The van der Waals surface area contributed by atoms with E-state index in [1.807, 2.05) is 25.1 Å². The molecule has 0 N–H and O–H groups in total. The third kappa shape index (κ3) is 4.41.